The Kier molecular flexibility index (Phi) is 4.65. The van der Waals surface area contributed by atoms with Crippen LogP contribution in [0.5, 0.6) is 5.75 Å². The van der Waals surface area contributed by atoms with E-state index in [1.165, 1.54) is 24.3 Å². The van der Waals surface area contributed by atoms with Crippen LogP contribution in [0, 0.1) is 5.82 Å². The molecule has 1 fully saturated rings. The maximum absolute atomic E-state index is 13.1. The van der Waals surface area contributed by atoms with Crippen LogP contribution in [-0.4, -0.2) is 11.9 Å². The van der Waals surface area contributed by atoms with Gasteiger partial charge in [0, 0.05) is 11.6 Å². The van der Waals surface area contributed by atoms with Crippen molar-refractivity contribution in [3.05, 3.63) is 65.5 Å². The predicted molar refractivity (Wildman–Crippen MR) is 82.4 cm³/mol. The fourth-order valence-electron chi connectivity index (χ4n) is 2.27. The standard InChI is InChI=1S/C18H15F4NO2/c19-13-5-1-11(2-6-13)16(17(24)23-14-7-8-14)25-15-9-3-12(4-10-15)18(20,21)22/h1-6,9-10,14,16H,7-8H2,(H,23,24). The normalized spacial score (nSPS) is 15.5. The van der Waals surface area contributed by atoms with E-state index in [1.807, 2.05) is 0 Å². The molecule has 1 atom stereocenters. The Labute approximate surface area is 141 Å². The summed E-state index contributed by atoms with van der Waals surface area (Å²) >= 11 is 0. The van der Waals surface area contributed by atoms with Crippen LogP contribution >= 0.6 is 0 Å². The van der Waals surface area contributed by atoms with E-state index in [-0.39, 0.29) is 11.8 Å². The van der Waals surface area contributed by atoms with Crippen molar-refractivity contribution in [1.29, 1.82) is 0 Å². The fourth-order valence-corrected chi connectivity index (χ4v) is 2.27. The predicted octanol–water partition coefficient (Wildman–Crippen LogP) is 4.24. The van der Waals surface area contributed by atoms with Crippen molar-refractivity contribution in [1.82, 2.24) is 5.32 Å². The number of hydrogen-bond acceptors (Lipinski definition) is 2. The molecule has 1 saturated carbocycles. The summed E-state index contributed by atoms with van der Waals surface area (Å²) in [6.45, 7) is 0. The maximum Gasteiger partial charge on any atom is 0.416 e. The van der Waals surface area contributed by atoms with Gasteiger partial charge in [-0.15, -0.1) is 0 Å². The van der Waals surface area contributed by atoms with E-state index in [2.05, 4.69) is 5.32 Å². The van der Waals surface area contributed by atoms with E-state index >= 15 is 0 Å². The molecule has 7 heteroatoms. The summed E-state index contributed by atoms with van der Waals surface area (Å²) in [4.78, 5) is 12.4. The minimum atomic E-state index is -4.45. The third-order valence-electron chi connectivity index (χ3n) is 3.77. The molecule has 1 unspecified atom stereocenters. The van der Waals surface area contributed by atoms with Crippen molar-refractivity contribution < 1.29 is 27.1 Å². The second kappa shape index (κ2) is 6.74. The van der Waals surface area contributed by atoms with Gasteiger partial charge in [0.2, 0.25) is 6.10 Å². The van der Waals surface area contributed by atoms with Gasteiger partial charge < -0.3 is 10.1 Å². The van der Waals surface area contributed by atoms with Crippen molar-refractivity contribution in [2.45, 2.75) is 31.2 Å². The number of alkyl halides is 3. The Bertz CT molecular complexity index is 737. The smallest absolute Gasteiger partial charge is 0.416 e. The maximum atomic E-state index is 13.1. The summed E-state index contributed by atoms with van der Waals surface area (Å²) in [5.74, 6) is -0.748. The number of carbonyl (C=O) groups excluding carboxylic acids is 1. The van der Waals surface area contributed by atoms with Gasteiger partial charge in [0.25, 0.3) is 5.91 Å². The van der Waals surface area contributed by atoms with Crippen molar-refractivity contribution in [3.63, 3.8) is 0 Å². The average Bonchev–Trinajstić information content (AvgIpc) is 3.37. The Balaban J connectivity index is 1.81. The Morgan fingerprint density at radius 1 is 1.04 bits per heavy atom. The zero-order valence-electron chi connectivity index (χ0n) is 13.0. The number of carbonyl (C=O) groups is 1. The van der Waals surface area contributed by atoms with Crippen LogP contribution in [0.25, 0.3) is 0 Å². The molecule has 3 nitrogen and oxygen atoms in total. The van der Waals surface area contributed by atoms with Crippen LogP contribution in [-0.2, 0) is 11.0 Å². The van der Waals surface area contributed by atoms with Crippen LogP contribution < -0.4 is 10.1 Å². The van der Waals surface area contributed by atoms with E-state index in [0.717, 1.165) is 37.1 Å². The summed E-state index contributed by atoms with van der Waals surface area (Å²) in [7, 11) is 0. The van der Waals surface area contributed by atoms with E-state index in [4.69, 9.17) is 4.74 Å². The second-order valence-corrected chi connectivity index (χ2v) is 5.85. The molecule has 0 saturated heterocycles. The number of amides is 1. The molecule has 0 aromatic heterocycles. The van der Waals surface area contributed by atoms with Crippen LogP contribution in [0.3, 0.4) is 0 Å². The highest BCUT2D eigenvalue weighted by Crippen LogP contribution is 2.31. The summed E-state index contributed by atoms with van der Waals surface area (Å²) in [6.07, 6.45) is -3.76. The first kappa shape index (κ1) is 17.3. The topological polar surface area (TPSA) is 38.3 Å². The summed E-state index contributed by atoms with van der Waals surface area (Å²) < 4.78 is 56.6. The summed E-state index contributed by atoms with van der Waals surface area (Å²) in [5, 5.41) is 2.79. The number of nitrogens with one attached hydrogen (secondary N) is 1. The molecule has 2 aromatic rings. The molecule has 0 heterocycles. The van der Waals surface area contributed by atoms with Crippen molar-refractivity contribution in [3.8, 4) is 5.75 Å². The lowest BCUT2D eigenvalue weighted by atomic mass is 10.1. The van der Waals surface area contributed by atoms with E-state index in [0.29, 0.717) is 5.56 Å². The Morgan fingerprint density at radius 2 is 1.64 bits per heavy atom. The molecule has 1 aliphatic carbocycles. The van der Waals surface area contributed by atoms with Gasteiger partial charge in [0.15, 0.2) is 0 Å². The van der Waals surface area contributed by atoms with Crippen molar-refractivity contribution >= 4 is 5.91 Å². The average molecular weight is 353 g/mol. The van der Waals surface area contributed by atoms with Gasteiger partial charge in [-0.2, -0.15) is 13.2 Å². The molecule has 25 heavy (non-hydrogen) atoms. The quantitative estimate of drug-likeness (QED) is 0.817. The van der Waals surface area contributed by atoms with Gasteiger partial charge in [-0.3, -0.25) is 4.79 Å². The third-order valence-corrected chi connectivity index (χ3v) is 3.77. The van der Waals surface area contributed by atoms with Gasteiger partial charge >= 0.3 is 6.18 Å². The number of halogens is 4. The molecule has 1 N–H and O–H groups in total. The first-order chi connectivity index (χ1) is 11.8. The SMILES string of the molecule is O=C(NC1CC1)C(Oc1ccc(C(F)(F)F)cc1)c1ccc(F)cc1. The van der Waals surface area contributed by atoms with Crippen LogP contribution in [0.15, 0.2) is 48.5 Å². The van der Waals surface area contributed by atoms with E-state index in [9.17, 15) is 22.4 Å². The molecule has 0 radical (unpaired) electrons. The molecule has 132 valence electrons. The van der Waals surface area contributed by atoms with E-state index < -0.39 is 29.6 Å². The number of hydrogen-bond donors (Lipinski definition) is 1. The highest BCUT2D eigenvalue weighted by atomic mass is 19.4. The second-order valence-electron chi connectivity index (χ2n) is 5.85. The first-order valence-electron chi connectivity index (χ1n) is 7.73. The van der Waals surface area contributed by atoms with E-state index in [1.54, 1.807) is 0 Å². The van der Waals surface area contributed by atoms with Crippen LogP contribution in [0.2, 0.25) is 0 Å². The first-order valence-corrected chi connectivity index (χ1v) is 7.73. The molecule has 2 aromatic carbocycles. The lowest BCUT2D eigenvalue weighted by molar-refractivity contribution is -0.137. The number of ether oxygens (including phenoxy) is 1. The molecule has 0 bridgehead atoms. The molecule has 1 amide bonds. The lowest BCUT2D eigenvalue weighted by Gasteiger charge is -2.19. The minimum Gasteiger partial charge on any atom is -0.476 e. The number of benzene rings is 2. The lowest BCUT2D eigenvalue weighted by Crippen LogP contribution is -2.33. The molecule has 1 aliphatic rings. The molecule has 0 aliphatic heterocycles. The molecule has 0 spiro atoms. The van der Waals surface area contributed by atoms with Crippen molar-refractivity contribution in [2.24, 2.45) is 0 Å². The zero-order valence-corrected chi connectivity index (χ0v) is 13.0. The molecule has 3 rings (SSSR count). The molecular weight excluding hydrogens is 338 g/mol. The molecular formula is C18H15F4NO2. The van der Waals surface area contributed by atoms with Gasteiger partial charge in [-0.05, 0) is 49.2 Å². The fraction of sp³-hybridized carbons (Fsp3) is 0.278. The highest BCUT2D eigenvalue weighted by Gasteiger charge is 2.31. The largest absolute Gasteiger partial charge is 0.476 e. The van der Waals surface area contributed by atoms with Crippen LogP contribution in [0.4, 0.5) is 17.6 Å². The third kappa shape index (κ3) is 4.49. The van der Waals surface area contributed by atoms with Crippen molar-refractivity contribution in [2.75, 3.05) is 0 Å². The summed E-state index contributed by atoms with van der Waals surface area (Å²) in [6, 6.07) is 9.39. The highest BCUT2D eigenvalue weighted by molar-refractivity contribution is 5.83. The monoisotopic (exact) mass is 353 g/mol. The minimum absolute atomic E-state index is 0.0895. The Hall–Kier alpha value is -2.57. The Morgan fingerprint density at radius 3 is 2.16 bits per heavy atom. The van der Waals surface area contributed by atoms with Gasteiger partial charge in [0.1, 0.15) is 11.6 Å². The van der Waals surface area contributed by atoms with Gasteiger partial charge in [-0.25, -0.2) is 4.39 Å². The number of rotatable bonds is 5. The summed E-state index contributed by atoms with van der Waals surface area (Å²) in [5.41, 5.74) is -0.389. The van der Waals surface area contributed by atoms with Gasteiger partial charge in [-0.1, -0.05) is 12.1 Å². The van der Waals surface area contributed by atoms with Crippen LogP contribution in [0.1, 0.15) is 30.1 Å². The van der Waals surface area contributed by atoms with Gasteiger partial charge in [0.05, 0.1) is 5.56 Å². The zero-order chi connectivity index (χ0) is 18.0.